The van der Waals surface area contributed by atoms with Gasteiger partial charge in [0.2, 0.25) is 0 Å². The van der Waals surface area contributed by atoms with E-state index < -0.39 is 18.0 Å². The summed E-state index contributed by atoms with van der Waals surface area (Å²) >= 11 is 0. The number of ether oxygens (including phenoxy) is 1. The number of carboxylic acids is 1. The van der Waals surface area contributed by atoms with Gasteiger partial charge in [0, 0.05) is 0 Å². The Bertz CT molecular complexity index is 465. The maximum absolute atomic E-state index is 12.1. The predicted octanol–water partition coefficient (Wildman–Crippen LogP) is 3.82. The van der Waals surface area contributed by atoms with Crippen LogP contribution in [0, 0.1) is 5.92 Å². The summed E-state index contributed by atoms with van der Waals surface area (Å²) in [5.41, 5.74) is -0.192. The fourth-order valence-electron chi connectivity index (χ4n) is 3.03. The molecule has 0 radical (unpaired) electrons. The first-order valence-electron chi connectivity index (χ1n) is 6.76. The highest BCUT2D eigenvalue weighted by atomic mass is 19.3. The van der Waals surface area contributed by atoms with Gasteiger partial charge in [0.1, 0.15) is 5.75 Å². The van der Waals surface area contributed by atoms with Crippen LogP contribution < -0.4 is 4.74 Å². The average molecular weight is 284 g/mol. The van der Waals surface area contributed by atoms with Crippen molar-refractivity contribution < 1.29 is 23.4 Å². The van der Waals surface area contributed by atoms with Crippen molar-refractivity contribution in [1.29, 1.82) is 0 Å². The number of carboxylic acid groups (broad SMARTS) is 1. The molecule has 1 saturated carbocycles. The summed E-state index contributed by atoms with van der Waals surface area (Å²) in [6.07, 6.45) is 3.31. The van der Waals surface area contributed by atoms with Gasteiger partial charge in [-0.1, -0.05) is 31.9 Å². The Morgan fingerprint density at radius 2 is 2.00 bits per heavy atom. The number of alkyl halides is 2. The van der Waals surface area contributed by atoms with Gasteiger partial charge < -0.3 is 9.84 Å². The number of hydrogen-bond donors (Lipinski definition) is 1. The van der Waals surface area contributed by atoms with Crippen LogP contribution in [0.5, 0.6) is 5.75 Å². The van der Waals surface area contributed by atoms with Crippen molar-refractivity contribution in [2.75, 3.05) is 0 Å². The molecule has 1 N–H and O–H groups in total. The van der Waals surface area contributed by atoms with Crippen LogP contribution in [0.1, 0.15) is 38.2 Å². The van der Waals surface area contributed by atoms with Crippen LogP contribution in [0.2, 0.25) is 0 Å². The highest BCUT2D eigenvalue weighted by molar-refractivity contribution is 5.82. The summed E-state index contributed by atoms with van der Waals surface area (Å²) in [6.45, 7) is -0.788. The van der Waals surface area contributed by atoms with E-state index in [9.17, 15) is 18.7 Å². The molecule has 0 amide bonds. The molecule has 0 heterocycles. The van der Waals surface area contributed by atoms with Crippen molar-refractivity contribution in [3.8, 4) is 5.75 Å². The second-order valence-corrected chi connectivity index (χ2v) is 5.35. The lowest BCUT2D eigenvalue weighted by Crippen LogP contribution is -2.47. The summed E-state index contributed by atoms with van der Waals surface area (Å²) in [5, 5.41) is 9.49. The molecule has 1 aliphatic rings. The van der Waals surface area contributed by atoms with Gasteiger partial charge in [-0.25, -0.2) is 0 Å². The Morgan fingerprint density at radius 3 is 2.45 bits per heavy atom. The zero-order chi connectivity index (χ0) is 14.8. The average Bonchev–Trinajstić information content (AvgIpc) is 2.33. The highest BCUT2D eigenvalue weighted by Gasteiger charge is 2.51. The second-order valence-electron chi connectivity index (χ2n) is 5.35. The predicted molar refractivity (Wildman–Crippen MR) is 70.0 cm³/mol. The molecule has 0 aliphatic heterocycles. The van der Waals surface area contributed by atoms with Gasteiger partial charge in [0.25, 0.3) is 0 Å². The van der Waals surface area contributed by atoms with Crippen LogP contribution >= 0.6 is 0 Å². The number of rotatable bonds is 6. The van der Waals surface area contributed by atoms with Gasteiger partial charge in [0.15, 0.2) is 0 Å². The molecule has 1 fully saturated rings. The molecule has 20 heavy (non-hydrogen) atoms. The van der Waals surface area contributed by atoms with E-state index in [2.05, 4.69) is 11.7 Å². The van der Waals surface area contributed by atoms with Crippen molar-refractivity contribution in [2.24, 2.45) is 5.92 Å². The third kappa shape index (κ3) is 2.76. The van der Waals surface area contributed by atoms with E-state index in [0.717, 1.165) is 12.8 Å². The molecule has 0 spiro atoms. The van der Waals surface area contributed by atoms with Crippen LogP contribution in [0.25, 0.3) is 0 Å². The van der Waals surface area contributed by atoms with E-state index in [1.807, 2.05) is 0 Å². The fourth-order valence-corrected chi connectivity index (χ4v) is 3.03. The second kappa shape index (κ2) is 5.77. The summed E-state index contributed by atoms with van der Waals surface area (Å²) in [5.74, 6) is -0.353. The summed E-state index contributed by atoms with van der Waals surface area (Å²) < 4.78 is 28.4. The zero-order valence-electron chi connectivity index (χ0n) is 11.3. The summed E-state index contributed by atoms with van der Waals surface area (Å²) in [4.78, 5) is 11.6. The number of carbonyl (C=O) groups is 1. The molecular weight excluding hydrogens is 266 g/mol. The van der Waals surface area contributed by atoms with E-state index >= 15 is 0 Å². The van der Waals surface area contributed by atoms with Gasteiger partial charge in [-0.3, -0.25) is 4.79 Å². The minimum Gasteiger partial charge on any atom is -0.481 e. The Morgan fingerprint density at radius 1 is 1.40 bits per heavy atom. The molecule has 0 bridgehead atoms. The third-order valence-corrected chi connectivity index (χ3v) is 4.01. The molecule has 1 aromatic rings. The lowest BCUT2D eigenvalue weighted by Gasteiger charge is -2.45. The van der Waals surface area contributed by atoms with Crippen molar-refractivity contribution in [1.82, 2.24) is 0 Å². The van der Waals surface area contributed by atoms with E-state index in [1.54, 1.807) is 12.1 Å². The number of aliphatic carboxylic acids is 1. The molecule has 5 heteroatoms. The van der Waals surface area contributed by atoms with Gasteiger partial charge in [-0.05, 0) is 36.5 Å². The van der Waals surface area contributed by atoms with Crippen LogP contribution in [0.3, 0.4) is 0 Å². The van der Waals surface area contributed by atoms with Crippen molar-refractivity contribution in [3.05, 3.63) is 29.8 Å². The zero-order valence-corrected chi connectivity index (χ0v) is 11.3. The molecule has 0 aromatic heterocycles. The number of hydrogen-bond acceptors (Lipinski definition) is 2. The van der Waals surface area contributed by atoms with Crippen LogP contribution in [0.15, 0.2) is 24.3 Å². The smallest absolute Gasteiger partial charge is 0.387 e. The van der Waals surface area contributed by atoms with Gasteiger partial charge in [0.05, 0.1) is 5.41 Å². The molecule has 1 aromatic carbocycles. The molecule has 0 unspecified atom stereocenters. The Balaban J connectivity index is 2.13. The molecule has 0 saturated heterocycles. The monoisotopic (exact) mass is 284 g/mol. The first-order chi connectivity index (χ1) is 9.48. The maximum atomic E-state index is 12.1. The first-order valence-corrected chi connectivity index (χ1v) is 6.76. The minimum atomic E-state index is -2.87. The minimum absolute atomic E-state index is 0.0497. The molecule has 2 rings (SSSR count). The maximum Gasteiger partial charge on any atom is 0.387 e. The van der Waals surface area contributed by atoms with Crippen molar-refractivity contribution in [2.45, 2.75) is 44.6 Å². The quantitative estimate of drug-likeness (QED) is 0.863. The number of benzene rings is 1. The lowest BCUT2D eigenvalue weighted by atomic mass is 9.57. The summed E-state index contributed by atoms with van der Waals surface area (Å²) in [7, 11) is 0. The first kappa shape index (κ1) is 14.8. The van der Waals surface area contributed by atoms with Crippen molar-refractivity contribution >= 4 is 5.97 Å². The van der Waals surface area contributed by atoms with Crippen LogP contribution in [-0.2, 0) is 10.2 Å². The Labute approximate surface area is 116 Å². The largest absolute Gasteiger partial charge is 0.481 e. The standard InChI is InChI=1S/C15H18F2O3/c1-2-3-10-8-15(9-10,13(18)19)11-4-6-12(7-5-11)20-14(16)17/h4-7,10,14H,2-3,8-9H2,1H3,(H,18,19). The normalized spacial score (nSPS) is 25.3. The fraction of sp³-hybridized carbons (Fsp3) is 0.533. The molecular formula is C15H18F2O3. The van der Waals surface area contributed by atoms with Crippen molar-refractivity contribution in [3.63, 3.8) is 0 Å². The Hall–Kier alpha value is -1.65. The highest BCUT2D eigenvalue weighted by Crippen LogP contribution is 2.50. The van der Waals surface area contributed by atoms with Crippen LogP contribution in [0.4, 0.5) is 8.78 Å². The van der Waals surface area contributed by atoms with E-state index in [0.29, 0.717) is 24.3 Å². The molecule has 3 nitrogen and oxygen atoms in total. The van der Waals surface area contributed by atoms with Gasteiger partial charge >= 0.3 is 12.6 Å². The Kier molecular flexibility index (Phi) is 4.26. The van der Waals surface area contributed by atoms with E-state index in [1.165, 1.54) is 12.1 Å². The lowest BCUT2D eigenvalue weighted by molar-refractivity contribution is -0.150. The molecule has 110 valence electrons. The van der Waals surface area contributed by atoms with Gasteiger partial charge in [-0.15, -0.1) is 0 Å². The SMILES string of the molecule is CCCC1CC(C(=O)O)(c2ccc(OC(F)F)cc2)C1. The van der Waals surface area contributed by atoms with E-state index in [4.69, 9.17) is 0 Å². The van der Waals surface area contributed by atoms with Crippen LogP contribution in [-0.4, -0.2) is 17.7 Å². The number of halogens is 2. The third-order valence-electron chi connectivity index (χ3n) is 4.01. The topological polar surface area (TPSA) is 46.5 Å². The molecule has 1 aliphatic carbocycles. The van der Waals surface area contributed by atoms with Gasteiger partial charge in [-0.2, -0.15) is 8.78 Å². The summed E-state index contributed by atoms with van der Waals surface area (Å²) in [6, 6.07) is 5.96. The van der Waals surface area contributed by atoms with E-state index in [-0.39, 0.29) is 5.75 Å². The molecule has 0 atom stereocenters.